The van der Waals surface area contributed by atoms with Crippen molar-refractivity contribution >= 4 is 16.0 Å². The van der Waals surface area contributed by atoms with E-state index in [4.69, 9.17) is 15.1 Å². The second-order valence-electron chi connectivity index (χ2n) is 3.83. The Balaban J connectivity index is 2.99. The number of methoxy groups -OCH3 is 1. The van der Waals surface area contributed by atoms with Gasteiger partial charge in [-0.25, -0.2) is 17.9 Å². The third kappa shape index (κ3) is 3.94. The number of unbranched alkanes of at least 4 members (excludes halogenated alkanes) is 1. The van der Waals surface area contributed by atoms with Crippen molar-refractivity contribution in [3.05, 3.63) is 23.8 Å². The number of nitrogens with zero attached hydrogens (tertiary/aromatic N) is 1. The number of carbonyl (C=O) groups is 1. The molecule has 0 radical (unpaired) electrons. The van der Waals surface area contributed by atoms with Crippen molar-refractivity contribution in [3.63, 3.8) is 0 Å². The quantitative estimate of drug-likeness (QED) is 0.725. The Hall–Kier alpha value is -2.11. The number of aromatic carboxylic acids is 1. The summed E-state index contributed by atoms with van der Waals surface area (Å²) in [5, 5.41) is 17.4. The highest BCUT2D eigenvalue weighted by molar-refractivity contribution is 7.89. The number of rotatable bonds is 7. The van der Waals surface area contributed by atoms with Crippen LogP contribution in [0, 0.1) is 11.3 Å². The van der Waals surface area contributed by atoms with E-state index >= 15 is 0 Å². The molecule has 0 heterocycles. The van der Waals surface area contributed by atoms with Gasteiger partial charge in [0.25, 0.3) is 0 Å². The van der Waals surface area contributed by atoms with Crippen LogP contribution in [0.3, 0.4) is 0 Å². The summed E-state index contributed by atoms with van der Waals surface area (Å²) < 4.78 is 31.0. The summed E-state index contributed by atoms with van der Waals surface area (Å²) in [6, 6.07) is 5.49. The molecule has 7 nitrogen and oxygen atoms in total. The number of hydrogen-bond acceptors (Lipinski definition) is 5. The SMILES string of the molecule is COc1ccc(S(=O)(=O)NCCCC#N)cc1C(=O)O. The van der Waals surface area contributed by atoms with Gasteiger partial charge in [0.05, 0.1) is 18.1 Å². The Morgan fingerprint density at radius 2 is 2.20 bits per heavy atom. The van der Waals surface area contributed by atoms with Crippen molar-refractivity contribution in [3.8, 4) is 11.8 Å². The maximum Gasteiger partial charge on any atom is 0.339 e. The van der Waals surface area contributed by atoms with E-state index in [-0.39, 0.29) is 29.2 Å². The van der Waals surface area contributed by atoms with E-state index in [1.165, 1.54) is 19.2 Å². The average molecular weight is 298 g/mol. The van der Waals surface area contributed by atoms with Crippen LogP contribution in [-0.4, -0.2) is 33.1 Å². The zero-order chi connectivity index (χ0) is 15.2. The Morgan fingerprint density at radius 3 is 2.75 bits per heavy atom. The molecule has 20 heavy (non-hydrogen) atoms. The van der Waals surface area contributed by atoms with Gasteiger partial charge in [-0.15, -0.1) is 0 Å². The van der Waals surface area contributed by atoms with Crippen LogP contribution in [0.1, 0.15) is 23.2 Å². The molecule has 0 aliphatic heterocycles. The highest BCUT2D eigenvalue weighted by Gasteiger charge is 2.18. The number of benzene rings is 1. The van der Waals surface area contributed by atoms with E-state index in [1.54, 1.807) is 0 Å². The monoisotopic (exact) mass is 298 g/mol. The maximum absolute atomic E-state index is 11.9. The molecule has 1 rings (SSSR count). The molecule has 108 valence electrons. The molecule has 0 aromatic heterocycles. The second kappa shape index (κ2) is 6.88. The molecule has 0 amide bonds. The molecule has 0 aliphatic carbocycles. The Morgan fingerprint density at radius 1 is 1.50 bits per heavy atom. The maximum atomic E-state index is 11.9. The first-order valence-electron chi connectivity index (χ1n) is 5.70. The molecule has 0 atom stereocenters. The molecule has 8 heteroatoms. The van der Waals surface area contributed by atoms with Crippen molar-refractivity contribution in [2.45, 2.75) is 17.7 Å². The van der Waals surface area contributed by atoms with Crippen molar-refractivity contribution in [2.24, 2.45) is 0 Å². The summed E-state index contributed by atoms with van der Waals surface area (Å²) in [7, 11) is -2.50. The predicted molar refractivity (Wildman–Crippen MR) is 70.0 cm³/mol. The second-order valence-corrected chi connectivity index (χ2v) is 5.59. The van der Waals surface area contributed by atoms with Crippen LogP contribution in [0.5, 0.6) is 5.75 Å². The molecular weight excluding hydrogens is 284 g/mol. The van der Waals surface area contributed by atoms with E-state index in [1.807, 2.05) is 6.07 Å². The average Bonchev–Trinajstić information content (AvgIpc) is 2.42. The molecule has 0 spiro atoms. The van der Waals surface area contributed by atoms with Gasteiger partial charge in [-0.1, -0.05) is 0 Å². The van der Waals surface area contributed by atoms with Gasteiger partial charge in [0.2, 0.25) is 10.0 Å². The van der Waals surface area contributed by atoms with Gasteiger partial charge in [-0.05, 0) is 24.6 Å². The Bertz CT molecular complexity index is 634. The van der Waals surface area contributed by atoms with E-state index in [9.17, 15) is 13.2 Å². The molecule has 1 aromatic carbocycles. The number of ether oxygens (including phenoxy) is 1. The number of carboxylic acids is 1. The third-order valence-corrected chi connectivity index (χ3v) is 3.93. The number of sulfonamides is 1. The minimum absolute atomic E-state index is 0.0842. The lowest BCUT2D eigenvalue weighted by molar-refractivity contribution is 0.0693. The van der Waals surface area contributed by atoms with Crippen molar-refractivity contribution < 1.29 is 23.1 Å². The fourth-order valence-corrected chi connectivity index (χ4v) is 2.58. The van der Waals surface area contributed by atoms with Gasteiger partial charge in [0.15, 0.2) is 0 Å². The highest BCUT2D eigenvalue weighted by atomic mass is 32.2. The molecular formula is C12H14N2O5S. The normalized spacial score (nSPS) is 10.8. The van der Waals surface area contributed by atoms with Crippen LogP contribution >= 0.6 is 0 Å². The fourth-order valence-electron chi connectivity index (χ4n) is 1.48. The standard InChI is InChI=1S/C12H14N2O5S/c1-19-11-5-4-9(8-10(11)12(15)16)20(17,18)14-7-3-2-6-13/h4-5,8,14H,2-3,7H2,1H3,(H,15,16). The van der Waals surface area contributed by atoms with Gasteiger partial charge in [-0.2, -0.15) is 5.26 Å². The molecule has 0 saturated carbocycles. The van der Waals surface area contributed by atoms with Crippen LogP contribution in [-0.2, 0) is 10.0 Å². The molecule has 2 N–H and O–H groups in total. The zero-order valence-electron chi connectivity index (χ0n) is 10.8. The first-order valence-corrected chi connectivity index (χ1v) is 7.18. The Kier molecular flexibility index (Phi) is 5.49. The van der Waals surface area contributed by atoms with E-state index in [2.05, 4.69) is 4.72 Å². The summed E-state index contributed by atoms with van der Waals surface area (Å²) in [4.78, 5) is 10.9. The molecule has 0 aliphatic rings. The van der Waals surface area contributed by atoms with Crippen LogP contribution in [0.2, 0.25) is 0 Å². The summed E-state index contributed by atoms with van der Waals surface area (Å²) in [5.41, 5.74) is -0.229. The van der Waals surface area contributed by atoms with Crippen LogP contribution in [0.15, 0.2) is 23.1 Å². The highest BCUT2D eigenvalue weighted by Crippen LogP contribution is 2.22. The molecule has 0 bridgehead atoms. The number of nitrogens with one attached hydrogen (secondary N) is 1. The Labute approximate surface area is 116 Å². The molecule has 0 saturated heterocycles. The van der Waals surface area contributed by atoms with Crippen molar-refractivity contribution in [2.75, 3.05) is 13.7 Å². The summed E-state index contributed by atoms with van der Waals surface area (Å²) in [6.45, 7) is 0.115. The van der Waals surface area contributed by atoms with Gasteiger partial charge in [0, 0.05) is 13.0 Å². The molecule has 0 unspecified atom stereocenters. The smallest absolute Gasteiger partial charge is 0.339 e. The topological polar surface area (TPSA) is 116 Å². The number of nitriles is 1. The number of carboxylic acid groups (broad SMARTS) is 1. The minimum Gasteiger partial charge on any atom is -0.496 e. The van der Waals surface area contributed by atoms with Crippen LogP contribution in [0.25, 0.3) is 0 Å². The largest absolute Gasteiger partial charge is 0.496 e. The summed E-state index contributed by atoms with van der Waals surface area (Å²) >= 11 is 0. The zero-order valence-corrected chi connectivity index (χ0v) is 11.6. The summed E-state index contributed by atoms with van der Waals surface area (Å²) in [6.07, 6.45) is 0.628. The third-order valence-electron chi connectivity index (χ3n) is 2.47. The van der Waals surface area contributed by atoms with Crippen LogP contribution in [0.4, 0.5) is 0 Å². The van der Waals surface area contributed by atoms with Crippen molar-refractivity contribution in [1.29, 1.82) is 5.26 Å². The molecule has 0 fully saturated rings. The van der Waals surface area contributed by atoms with E-state index < -0.39 is 16.0 Å². The predicted octanol–water partition coefficient (Wildman–Crippen LogP) is 0.975. The summed E-state index contributed by atoms with van der Waals surface area (Å²) in [5.74, 6) is -1.19. The van der Waals surface area contributed by atoms with Gasteiger partial charge in [0.1, 0.15) is 11.3 Å². The van der Waals surface area contributed by atoms with Gasteiger partial charge < -0.3 is 9.84 Å². The van der Waals surface area contributed by atoms with Gasteiger partial charge >= 0.3 is 5.97 Å². The minimum atomic E-state index is -3.80. The molecule has 1 aromatic rings. The first-order chi connectivity index (χ1) is 9.42. The lowest BCUT2D eigenvalue weighted by Crippen LogP contribution is -2.25. The van der Waals surface area contributed by atoms with Crippen LogP contribution < -0.4 is 9.46 Å². The first kappa shape index (κ1) is 15.9. The van der Waals surface area contributed by atoms with Crippen molar-refractivity contribution in [1.82, 2.24) is 4.72 Å². The van der Waals surface area contributed by atoms with E-state index in [0.29, 0.717) is 6.42 Å². The lowest BCUT2D eigenvalue weighted by Gasteiger charge is -2.09. The lowest BCUT2D eigenvalue weighted by atomic mass is 10.2. The van der Waals surface area contributed by atoms with E-state index in [0.717, 1.165) is 6.07 Å². The van der Waals surface area contributed by atoms with Gasteiger partial charge in [-0.3, -0.25) is 0 Å². The fraction of sp³-hybridized carbons (Fsp3) is 0.333. The number of hydrogen-bond donors (Lipinski definition) is 2.